The van der Waals surface area contributed by atoms with Crippen LogP contribution in [0.1, 0.15) is 35.7 Å². The highest BCUT2D eigenvalue weighted by atomic mass is 79.9. The van der Waals surface area contributed by atoms with Gasteiger partial charge in [-0.2, -0.15) is 0 Å². The van der Waals surface area contributed by atoms with Gasteiger partial charge in [0.2, 0.25) is 0 Å². The number of amides is 1. The summed E-state index contributed by atoms with van der Waals surface area (Å²) in [7, 11) is 0. The highest BCUT2D eigenvalue weighted by Crippen LogP contribution is 2.20. The summed E-state index contributed by atoms with van der Waals surface area (Å²) < 4.78 is 1.09. The summed E-state index contributed by atoms with van der Waals surface area (Å²) in [6.07, 6.45) is 1.53. The van der Waals surface area contributed by atoms with E-state index in [0.29, 0.717) is 26.5 Å². The van der Waals surface area contributed by atoms with Crippen molar-refractivity contribution in [3.63, 3.8) is 0 Å². The maximum Gasteiger partial charge on any atom is 0.256 e. The van der Waals surface area contributed by atoms with Crippen LogP contribution >= 0.6 is 31.9 Å². The summed E-state index contributed by atoms with van der Waals surface area (Å²) in [5.74, 6) is 0.627. The van der Waals surface area contributed by atoms with Gasteiger partial charge in [0, 0.05) is 5.56 Å². The molecule has 1 amide bonds. The molecule has 0 aliphatic carbocycles. The maximum absolute atomic E-state index is 12.1. The maximum atomic E-state index is 12.1. The Morgan fingerprint density at radius 2 is 1.85 bits per heavy atom. The summed E-state index contributed by atoms with van der Waals surface area (Å²) in [4.78, 5) is 20.3. The second-order valence-corrected chi connectivity index (χ2v) is 6.13. The van der Waals surface area contributed by atoms with E-state index in [2.05, 4.69) is 61.0 Å². The van der Waals surface area contributed by atoms with E-state index >= 15 is 0 Å². The number of anilines is 1. The average Bonchev–Trinajstić information content (AvgIpc) is 2.42. The minimum atomic E-state index is -0.211. The van der Waals surface area contributed by atoms with E-state index in [0.717, 1.165) is 0 Å². The predicted octanol–water partition coefficient (Wildman–Crippen LogP) is 4.38. The Morgan fingerprint density at radius 1 is 1.20 bits per heavy atom. The molecule has 0 fully saturated rings. The lowest BCUT2D eigenvalue weighted by Gasteiger charge is -2.08. The van der Waals surface area contributed by atoms with Crippen molar-refractivity contribution in [2.24, 2.45) is 0 Å². The molecule has 2 aromatic rings. The zero-order valence-corrected chi connectivity index (χ0v) is 14.2. The molecule has 0 saturated carbocycles. The van der Waals surface area contributed by atoms with Gasteiger partial charge < -0.3 is 5.32 Å². The van der Waals surface area contributed by atoms with Crippen LogP contribution in [0.5, 0.6) is 0 Å². The van der Waals surface area contributed by atoms with Crippen molar-refractivity contribution >= 4 is 43.6 Å². The molecule has 0 aliphatic heterocycles. The minimum Gasteiger partial charge on any atom is -0.304 e. The smallest absolute Gasteiger partial charge is 0.256 e. The Labute approximate surface area is 134 Å². The lowest BCUT2D eigenvalue weighted by Crippen LogP contribution is -2.13. The number of hydrogen-bond acceptors (Lipinski definition) is 3. The molecule has 0 spiro atoms. The normalized spacial score (nSPS) is 10.7. The molecule has 20 heavy (non-hydrogen) atoms. The van der Waals surface area contributed by atoms with Gasteiger partial charge in [0.25, 0.3) is 5.91 Å². The Kier molecular flexibility index (Phi) is 4.88. The molecular formula is C14H13Br2N3O. The van der Waals surface area contributed by atoms with Gasteiger partial charge >= 0.3 is 0 Å². The lowest BCUT2D eigenvalue weighted by atomic mass is 10.0. The number of nitrogens with one attached hydrogen (secondary N) is 1. The van der Waals surface area contributed by atoms with Gasteiger partial charge in [-0.25, -0.2) is 9.97 Å². The van der Waals surface area contributed by atoms with Crippen LogP contribution in [0.25, 0.3) is 0 Å². The topological polar surface area (TPSA) is 54.9 Å². The molecule has 0 bridgehead atoms. The zero-order valence-electron chi connectivity index (χ0n) is 11.0. The molecule has 0 atom stereocenters. The number of rotatable bonds is 3. The molecule has 0 aliphatic rings. The van der Waals surface area contributed by atoms with Gasteiger partial charge in [-0.3, -0.25) is 4.79 Å². The summed E-state index contributed by atoms with van der Waals surface area (Å²) >= 11 is 6.47. The first kappa shape index (κ1) is 15.1. The van der Waals surface area contributed by atoms with Crippen molar-refractivity contribution in [3.05, 3.63) is 50.8 Å². The Hall–Kier alpha value is -1.27. The average molecular weight is 399 g/mol. The number of benzene rings is 1. The Bertz CT molecular complexity index is 627. The van der Waals surface area contributed by atoms with E-state index in [-0.39, 0.29) is 5.91 Å². The first-order valence-electron chi connectivity index (χ1n) is 6.06. The van der Waals surface area contributed by atoms with Crippen molar-refractivity contribution in [1.82, 2.24) is 9.97 Å². The number of carbonyl (C=O) groups is 1. The molecule has 1 heterocycles. The van der Waals surface area contributed by atoms with Crippen LogP contribution in [0, 0.1) is 0 Å². The molecule has 4 nitrogen and oxygen atoms in total. The van der Waals surface area contributed by atoms with Gasteiger partial charge in [0.05, 0.1) is 6.20 Å². The number of nitrogens with zero attached hydrogens (tertiary/aromatic N) is 2. The quantitative estimate of drug-likeness (QED) is 0.834. The number of halogens is 2. The second kappa shape index (κ2) is 6.45. The standard InChI is InChI=1S/C14H13Br2N3O/c1-8(2)9-3-5-10(6-4-9)14(20)19-13-12(16)18-11(15)7-17-13/h3-8H,1-2H3,(H,17,19,20). The van der Waals surface area contributed by atoms with Crippen LogP contribution in [0.15, 0.2) is 39.7 Å². The van der Waals surface area contributed by atoms with Crippen molar-refractivity contribution in [2.75, 3.05) is 5.32 Å². The third kappa shape index (κ3) is 3.64. The zero-order chi connectivity index (χ0) is 14.7. The molecule has 1 aromatic carbocycles. The van der Waals surface area contributed by atoms with E-state index in [1.165, 1.54) is 11.8 Å². The molecule has 0 saturated heterocycles. The van der Waals surface area contributed by atoms with E-state index < -0.39 is 0 Å². The van der Waals surface area contributed by atoms with Gasteiger partial charge in [0.15, 0.2) is 5.82 Å². The first-order valence-corrected chi connectivity index (χ1v) is 7.65. The first-order chi connectivity index (χ1) is 9.47. The van der Waals surface area contributed by atoms with Gasteiger partial charge in [-0.15, -0.1) is 0 Å². The summed E-state index contributed by atoms with van der Waals surface area (Å²) in [6, 6.07) is 7.54. The predicted molar refractivity (Wildman–Crippen MR) is 85.9 cm³/mol. The highest BCUT2D eigenvalue weighted by Gasteiger charge is 2.11. The SMILES string of the molecule is CC(C)c1ccc(C(=O)Nc2ncc(Br)nc2Br)cc1. The molecule has 0 radical (unpaired) electrons. The molecule has 6 heteroatoms. The van der Waals surface area contributed by atoms with Crippen LogP contribution in [0.2, 0.25) is 0 Å². The molecule has 2 rings (SSSR count). The van der Waals surface area contributed by atoms with E-state index in [1.807, 2.05) is 24.3 Å². The van der Waals surface area contributed by atoms with Crippen LogP contribution in [-0.2, 0) is 0 Å². The minimum absolute atomic E-state index is 0.211. The van der Waals surface area contributed by atoms with Crippen molar-refractivity contribution in [1.29, 1.82) is 0 Å². The Balaban J connectivity index is 2.15. The van der Waals surface area contributed by atoms with Crippen LogP contribution in [-0.4, -0.2) is 15.9 Å². The Morgan fingerprint density at radius 3 is 2.40 bits per heavy atom. The largest absolute Gasteiger partial charge is 0.304 e. The fraction of sp³-hybridized carbons (Fsp3) is 0.214. The molecular weight excluding hydrogens is 386 g/mol. The summed E-state index contributed by atoms with van der Waals surface area (Å²) in [5, 5.41) is 2.72. The summed E-state index contributed by atoms with van der Waals surface area (Å²) in [6.45, 7) is 4.23. The van der Waals surface area contributed by atoms with Crippen LogP contribution in [0.3, 0.4) is 0 Å². The van der Waals surface area contributed by atoms with E-state index in [4.69, 9.17) is 0 Å². The summed E-state index contributed by atoms with van der Waals surface area (Å²) in [5.41, 5.74) is 1.79. The number of hydrogen-bond donors (Lipinski definition) is 1. The fourth-order valence-electron chi connectivity index (χ4n) is 1.63. The van der Waals surface area contributed by atoms with Crippen molar-refractivity contribution in [3.8, 4) is 0 Å². The van der Waals surface area contributed by atoms with Gasteiger partial charge in [-0.05, 0) is 55.5 Å². The van der Waals surface area contributed by atoms with Crippen molar-refractivity contribution in [2.45, 2.75) is 19.8 Å². The molecule has 0 unspecified atom stereocenters. The monoisotopic (exact) mass is 397 g/mol. The third-order valence-corrected chi connectivity index (χ3v) is 3.71. The fourth-order valence-corrected chi connectivity index (χ4v) is 2.54. The highest BCUT2D eigenvalue weighted by molar-refractivity contribution is 9.11. The molecule has 1 aromatic heterocycles. The molecule has 104 valence electrons. The lowest BCUT2D eigenvalue weighted by molar-refractivity contribution is 0.102. The second-order valence-electron chi connectivity index (χ2n) is 4.56. The third-order valence-electron chi connectivity index (χ3n) is 2.77. The van der Waals surface area contributed by atoms with Crippen molar-refractivity contribution < 1.29 is 4.79 Å². The van der Waals surface area contributed by atoms with Crippen LogP contribution < -0.4 is 5.32 Å². The molecule has 1 N–H and O–H groups in total. The van der Waals surface area contributed by atoms with Gasteiger partial charge in [0.1, 0.15) is 9.21 Å². The number of aromatic nitrogens is 2. The number of carbonyl (C=O) groups excluding carboxylic acids is 1. The van der Waals surface area contributed by atoms with E-state index in [9.17, 15) is 4.79 Å². The van der Waals surface area contributed by atoms with Gasteiger partial charge in [-0.1, -0.05) is 26.0 Å². The van der Waals surface area contributed by atoms with Crippen LogP contribution in [0.4, 0.5) is 5.82 Å². The van der Waals surface area contributed by atoms with E-state index in [1.54, 1.807) is 0 Å².